The number of hydrogen-bond acceptors (Lipinski definition) is 4. The van der Waals surface area contributed by atoms with Crippen molar-refractivity contribution in [1.29, 1.82) is 0 Å². The second kappa shape index (κ2) is 5.47. The van der Waals surface area contributed by atoms with Crippen molar-refractivity contribution < 1.29 is 4.79 Å². The van der Waals surface area contributed by atoms with E-state index in [2.05, 4.69) is 10.3 Å². The van der Waals surface area contributed by atoms with Crippen LogP contribution in [-0.4, -0.2) is 15.3 Å². The molecule has 1 amide bonds. The number of amides is 1. The molecule has 1 N–H and O–H groups in total. The lowest BCUT2D eigenvalue weighted by molar-refractivity contribution is 0.102. The molecule has 3 aromatic rings. The standard InChI is InChI=1S/C16H12ClN3O2S/c17-10-5-2-1-4-9(10)14(21)19-11-8-18-16-20(15(11)22)12-6-3-7-13(12)23-16/h1-2,4-5,8H,3,6-7H2,(H,19,21). The van der Waals surface area contributed by atoms with Gasteiger partial charge in [0.2, 0.25) is 0 Å². The molecule has 5 nitrogen and oxygen atoms in total. The van der Waals surface area contributed by atoms with Crippen LogP contribution in [0, 0.1) is 0 Å². The maximum atomic E-state index is 12.7. The smallest absolute Gasteiger partial charge is 0.282 e. The molecule has 4 rings (SSSR count). The number of hydrogen-bond donors (Lipinski definition) is 1. The maximum absolute atomic E-state index is 12.7. The van der Waals surface area contributed by atoms with E-state index in [1.165, 1.54) is 11.1 Å². The van der Waals surface area contributed by atoms with Gasteiger partial charge in [0.1, 0.15) is 5.69 Å². The van der Waals surface area contributed by atoms with Crippen molar-refractivity contribution in [3.63, 3.8) is 0 Å². The number of carbonyl (C=O) groups excluding carboxylic acids is 1. The third-order valence-corrected chi connectivity index (χ3v) is 5.41. The van der Waals surface area contributed by atoms with E-state index in [0.29, 0.717) is 15.5 Å². The number of thiazole rings is 1. The average molecular weight is 346 g/mol. The zero-order valence-electron chi connectivity index (χ0n) is 12.0. The first kappa shape index (κ1) is 14.4. The fourth-order valence-electron chi connectivity index (χ4n) is 2.83. The van der Waals surface area contributed by atoms with Gasteiger partial charge in [-0.3, -0.25) is 14.0 Å². The van der Waals surface area contributed by atoms with Gasteiger partial charge in [-0.1, -0.05) is 23.7 Å². The highest BCUT2D eigenvalue weighted by Gasteiger charge is 2.21. The zero-order chi connectivity index (χ0) is 16.0. The van der Waals surface area contributed by atoms with Crippen LogP contribution in [0.25, 0.3) is 4.96 Å². The summed E-state index contributed by atoms with van der Waals surface area (Å²) in [6.07, 6.45) is 4.33. The number of benzene rings is 1. The SMILES string of the molecule is O=C(Nc1cnc2sc3c(n2c1=O)CCC3)c1ccccc1Cl. The van der Waals surface area contributed by atoms with Gasteiger partial charge in [-0.05, 0) is 31.4 Å². The molecule has 0 bridgehead atoms. The molecular weight excluding hydrogens is 334 g/mol. The van der Waals surface area contributed by atoms with E-state index in [1.54, 1.807) is 40.0 Å². The third-order valence-electron chi connectivity index (χ3n) is 3.92. The predicted octanol–water partition coefficient (Wildman–Crippen LogP) is 3.15. The van der Waals surface area contributed by atoms with E-state index in [0.717, 1.165) is 25.0 Å². The fourth-order valence-corrected chi connectivity index (χ4v) is 4.22. The van der Waals surface area contributed by atoms with Crippen molar-refractivity contribution in [2.75, 3.05) is 5.32 Å². The molecule has 0 atom stereocenters. The molecule has 1 aliphatic rings. The van der Waals surface area contributed by atoms with Crippen molar-refractivity contribution in [1.82, 2.24) is 9.38 Å². The molecule has 2 heterocycles. The lowest BCUT2D eigenvalue weighted by Gasteiger charge is -2.06. The normalized spacial score (nSPS) is 13.3. The molecule has 7 heteroatoms. The van der Waals surface area contributed by atoms with Gasteiger partial charge < -0.3 is 5.32 Å². The number of fused-ring (bicyclic) bond motifs is 3. The zero-order valence-corrected chi connectivity index (χ0v) is 13.6. The number of nitrogens with one attached hydrogen (secondary N) is 1. The van der Waals surface area contributed by atoms with Gasteiger partial charge in [0.25, 0.3) is 11.5 Å². The molecule has 0 aliphatic heterocycles. The highest BCUT2D eigenvalue weighted by Crippen LogP contribution is 2.29. The van der Waals surface area contributed by atoms with E-state index in [-0.39, 0.29) is 11.2 Å². The van der Waals surface area contributed by atoms with Gasteiger partial charge in [0.05, 0.1) is 16.8 Å². The second-order valence-corrected chi connectivity index (χ2v) is 6.82. The summed E-state index contributed by atoms with van der Waals surface area (Å²) in [5.41, 5.74) is 1.28. The molecule has 0 unspecified atom stereocenters. The Balaban J connectivity index is 1.75. The Morgan fingerprint density at radius 3 is 2.96 bits per heavy atom. The Hall–Kier alpha value is -2.18. The molecule has 0 saturated heterocycles. The second-order valence-electron chi connectivity index (χ2n) is 5.35. The Morgan fingerprint density at radius 2 is 2.13 bits per heavy atom. The molecule has 23 heavy (non-hydrogen) atoms. The van der Waals surface area contributed by atoms with Gasteiger partial charge in [-0.2, -0.15) is 0 Å². The summed E-state index contributed by atoms with van der Waals surface area (Å²) in [6, 6.07) is 6.72. The molecule has 2 aromatic heterocycles. The van der Waals surface area contributed by atoms with Gasteiger partial charge >= 0.3 is 0 Å². The van der Waals surface area contributed by atoms with Gasteiger partial charge in [-0.15, -0.1) is 11.3 Å². The van der Waals surface area contributed by atoms with E-state index in [9.17, 15) is 9.59 Å². The third kappa shape index (κ3) is 2.34. The van der Waals surface area contributed by atoms with Crippen LogP contribution in [0.15, 0.2) is 35.3 Å². The minimum absolute atomic E-state index is 0.167. The summed E-state index contributed by atoms with van der Waals surface area (Å²) in [6.45, 7) is 0. The molecule has 116 valence electrons. The van der Waals surface area contributed by atoms with Crippen LogP contribution in [0.1, 0.15) is 27.3 Å². The minimum Gasteiger partial charge on any atom is -0.316 e. The summed E-state index contributed by atoms with van der Waals surface area (Å²) >= 11 is 7.57. The Kier molecular flexibility index (Phi) is 3.43. The first-order chi connectivity index (χ1) is 11.1. The quantitative estimate of drug-likeness (QED) is 0.776. The Labute approximate surface area is 140 Å². The van der Waals surface area contributed by atoms with Crippen molar-refractivity contribution in [3.8, 4) is 0 Å². The number of anilines is 1. The average Bonchev–Trinajstić information content (AvgIpc) is 3.11. The molecule has 1 aromatic carbocycles. The van der Waals surface area contributed by atoms with Crippen LogP contribution in [0.3, 0.4) is 0 Å². The van der Waals surface area contributed by atoms with Crippen LogP contribution < -0.4 is 10.9 Å². The van der Waals surface area contributed by atoms with E-state index in [1.807, 2.05) is 0 Å². The number of rotatable bonds is 2. The predicted molar refractivity (Wildman–Crippen MR) is 90.8 cm³/mol. The summed E-state index contributed by atoms with van der Waals surface area (Å²) in [7, 11) is 0. The van der Waals surface area contributed by atoms with E-state index < -0.39 is 5.91 Å². The highest BCUT2D eigenvalue weighted by atomic mass is 35.5. The summed E-state index contributed by atoms with van der Waals surface area (Å²) in [5, 5.41) is 2.97. The minimum atomic E-state index is -0.415. The van der Waals surface area contributed by atoms with Crippen LogP contribution in [0.4, 0.5) is 5.69 Å². The molecule has 0 fully saturated rings. The van der Waals surface area contributed by atoms with E-state index in [4.69, 9.17) is 11.6 Å². The Morgan fingerprint density at radius 1 is 1.30 bits per heavy atom. The van der Waals surface area contributed by atoms with Gasteiger partial charge in [0.15, 0.2) is 4.96 Å². The number of aryl methyl sites for hydroxylation is 2. The van der Waals surface area contributed by atoms with Gasteiger partial charge in [0, 0.05) is 10.6 Å². The highest BCUT2D eigenvalue weighted by molar-refractivity contribution is 7.17. The van der Waals surface area contributed by atoms with Crippen molar-refractivity contribution in [3.05, 3.63) is 62.0 Å². The molecule has 1 aliphatic carbocycles. The van der Waals surface area contributed by atoms with Crippen LogP contribution in [-0.2, 0) is 12.8 Å². The first-order valence-electron chi connectivity index (χ1n) is 7.23. The number of aromatic nitrogens is 2. The van der Waals surface area contributed by atoms with Crippen LogP contribution in [0.2, 0.25) is 5.02 Å². The summed E-state index contributed by atoms with van der Waals surface area (Å²) in [4.78, 5) is 31.2. The number of carbonyl (C=O) groups is 1. The number of nitrogens with zero attached hydrogens (tertiary/aromatic N) is 2. The van der Waals surface area contributed by atoms with Gasteiger partial charge in [-0.25, -0.2) is 4.98 Å². The van der Waals surface area contributed by atoms with Crippen molar-refractivity contribution in [2.24, 2.45) is 0 Å². The van der Waals surface area contributed by atoms with Crippen LogP contribution in [0.5, 0.6) is 0 Å². The largest absolute Gasteiger partial charge is 0.316 e. The molecule has 0 spiro atoms. The maximum Gasteiger partial charge on any atom is 0.282 e. The van der Waals surface area contributed by atoms with Crippen molar-refractivity contribution in [2.45, 2.75) is 19.3 Å². The topological polar surface area (TPSA) is 63.5 Å². The summed E-state index contributed by atoms with van der Waals surface area (Å²) in [5.74, 6) is -0.415. The fraction of sp³-hybridized carbons (Fsp3) is 0.188. The molecule has 0 radical (unpaired) electrons. The molecular formula is C16H12ClN3O2S. The summed E-state index contributed by atoms with van der Waals surface area (Å²) < 4.78 is 1.62. The van der Waals surface area contributed by atoms with E-state index >= 15 is 0 Å². The number of halogens is 1. The monoisotopic (exact) mass is 345 g/mol. The van der Waals surface area contributed by atoms with Crippen molar-refractivity contribution >= 4 is 39.5 Å². The Bertz CT molecular complexity index is 993. The lowest BCUT2D eigenvalue weighted by atomic mass is 10.2. The lowest BCUT2D eigenvalue weighted by Crippen LogP contribution is -2.23. The van der Waals surface area contributed by atoms with Crippen LogP contribution >= 0.6 is 22.9 Å². The molecule has 0 saturated carbocycles. The first-order valence-corrected chi connectivity index (χ1v) is 8.43.